The van der Waals surface area contributed by atoms with Gasteiger partial charge in [0.2, 0.25) is 5.91 Å². The second kappa shape index (κ2) is 5.27. The topological polar surface area (TPSA) is 86.9 Å². The monoisotopic (exact) mass is 315 g/mol. The van der Waals surface area contributed by atoms with Crippen molar-refractivity contribution in [2.24, 2.45) is 0 Å². The average molecular weight is 315 g/mol. The van der Waals surface area contributed by atoms with Gasteiger partial charge < -0.3 is 9.80 Å². The molecule has 2 aromatic rings. The Labute approximate surface area is 132 Å². The summed E-state index contributed by atoms with van der Waals surface area (Å²) in [5.74, 6) is -0.0713. The van der Waals surface area contributed by atoms with Crippen LogP contribution in [0.4, 0.5) is 0 Å². The molecular formula is C14H17N7O2. The van der Waals surface area contributed by atoms with E-state index < -0.39 is 0 Å². The highest BCUT2D eigenvalue weighted by Gasteiger charge is 2.39. The molecule has 4 rings (SSSR count). The molecule has 0 spiro atoms. The molecule has 0 aromatic carbocycles. The van der Waals surface area contributed by atoms with E-state index in [1.165, 1.54) is 4.52 Å². The van der Waals surface area contributed by atoms with Crippen molar-refractivity contribution in [3.8, 4) is 0 Å². The van der Waals surface area contributed by atoms with Crippen LogP contribution in [0.15, 0.2) is 18.2 Å². The first-order valence-electron chi connectivity index (χ1n) is 7.60. The Morgan fingerprint density at radius 1 is 1.22 bits per heavy atom. The standard InChI is InChI=1S/C14H17N7O2/c1-18-5-6-19-7-8-20(9-11(19)13(18)22)14(23)10-3-2-4-12-15-16-17-21(10)12/h2-4,11H,5-9H2,1H3/t11-/m0/s1. The molecular weight excluding hydrogens is 298 g/mol. The maximum absolute atomic E-state index is 12.8. The number of hydrogen-bond acceptors (Lipinski definition) is 6. The summed E-state index contributed by atoms with van der Waals surface area (Å²) in [5.41, 5.74) is 0.945. The first-order chi connectivity index (χ1) is 11.1. The minimum atomic E-state index is -0.250. The number of carbonyl (C=O) groups is 2. The van der Waals surface area contributed by atoms with Crippen LogP contribution in [-0.4, -0.2) is 92.4 Å². The summed E-state index contributed by atoms with van der Waals surface area (Å²) in [6.45, 7) is 3.32. The summed E-state index contributed by atoms with van der Waals surface area (Å²) >= 11 is 0. The lowest BCUT2D eigenvalue weighted by Gasteiger charge is -2.45. The van der Waals surface area contributed by atoms with Crippen LogP contribution >= 0.6 is 0 Å². The van der Waals surface area contributed by atoms with E-state index in [4.69, 9.17) is 0 Å². The van der Waals surface area contributed by atoms with Crippen molar-refractivity contribution in [3.63, 3.8) is 0 Å². The fourth-order valence-corrected chi connectivity index (χ4v) is 3.24. The molecule has 0 unspecified atom stereocenters. The number of nitrogens with zero attached hydrogens (tertiary/aromatic N) is 7. The van der Waals surface area contributed by atoms with E-state index in [9.17, 15) is 9.59 Å². The van der Waals surface area contributed by atoms with Crippen LogP contribution in [0.25, 0.3) is 5.65 Å². The minimum Gasteiger partial charge on any atom is -0.343 e. The molecule has 4 heterocycles. The fourth-order valence-electron chi connectivity index (χ4n) is 3.24. The Hall–Kier alpha value is -2.55. The van der Waals surface area contributed by atoms with Gasteiger partial charge in [-0.05, 0) is 22.6 Å². The number of hydrogen-bond donors (Lipinski definition) is 0. The SMILES string of the molecule is CN1CCN2CCN(C(=O)c3cccc4nnnn34)C[C@H]2C1=O. The van der Waals surface area contributed by atoms with Crippen molar-refractivity contribution >= 4 is 17.5 Å². The van der Waals surface area contributed by atoms with Crippen molar-refractivity contribution in [2.45, 2.75) is 6.04 Å². The number of fused-ring (bicyclic) bond motifs is 2. The van der Waals surface area contributed by atoms with E-state index in [-0.39, 0.29) is 17.9 Å². The van der Waals surface area contributed by atoms with Crippen LogP contribution in [0.5, 0.6) is 0 Å². The molecule has 2 fully saturated rings. The lowest BCUT2D eigenvalue weighted by Crippen LogP contribution is -2.64. The van der Waals surface area contributed by atoms with Crippen molar-refractivity contribution in [1.29, 1.82) is 0 Å². The molecule has 2 aliphatic rings. The Morgan fingerprint density at radius 3 is 2.91 bits per heavy atom. The predicted molar refractivity (Wildman–Crippen MR) is 79.7 cm³/mol. The lowest BCUT2D eigenvalue weighted by molar-refractivity contribution is -0.142. The van der Waals surface area contributed by atoms with Crippen molar-refractivity contribution in [1.82, 2.24) is 34.7 Å². The minimum absolute atomic E-state index is 0.0781. The van der Waals surface area contributed by atoms with Gasteiger partial charge >= 0.3 is 0 Å². The molecule has 0 radical (unpaired) electrons. The quantitative estimate of drug-likeness (QED) is 0.652. The van der Waals surface area contributed by atoms with Gasteiger partial charge in [0, 0.05) is 39.8 Å². The van der Waals surface area contributed by atoms with Crippen molar-refractivity contribution < 1.29 is 9.59 Å². The second-order valence-corrected chi connectivity index (χ2v) is 5.92. The van der Waals surface area contributed by atoms with E-state index >= 15 is 0 Å². The van der Waals surface area contributed by atoms with Gasteiger partial charge in [0.1, 0.15) is 11.7 Å². The number of piperazine rings is 2. The lowest BCUT2D eigenvalue weighted by atomic mass is 10.1. The number of aromatic nitrogens is 4. The van der Waals surface area contributed by atoms with Gasteiger partial charge in [0.15, 0.2) is 5.65 Å². The van der Waals surface area contributed by atoms with Crippen LogP contribution in [0.3, 0.4) is 0 Å². The first kappa shape index (κ1) is 14.1. The summed E-state index contributed by atoms with van der Waals surface area (Å²) in [4.78, 5) is 30.8. The van der Waals surface area contributed by atoms with Crippen molar-refractivity contribution in [2.75, 3.05) is 39.8 Å². The van der Waals surface area contributed by atoms with Crippen LogP contribution in [0, 0.1) is 0 Å². The van der Waals surface area contributed by atoms with Gasteiger partial charge in [-0.15, -0.1) is 5.10 Å². The summed E-state index contributed by atoms with van der Waals surface area (Å²) in [5, 5.41) is 11.3. The molecule has 2 aliphatic heterocycles. The predicted octanol–water partition coefficient (Wildman–Crippen LogP) is -1.28. The molecule has 2 amide bonds. The summed E-state index contributed by atoms with van der Waals surface area (Å²) in [6.07, 6.45) is 0. The normalized spacial score (nSPS) is 22.5. The largest absolute Gasteiger partial charge is 0.343 e. The zero-order valence-electron chi connectivity index (χ0n) is 12.8. The number of pyridine rings is 1. The van der Waals surface area contributed by atoms with Crippen molar-refractivity contribution in [3.05, 3.63) is 23.9 Å². The molecule has 0 bridgehead atoms. The summed E-state index contributed by atoms with van der Waals surface area (Å²) in [6, 6.07) is 4.95. The van der Waals surface area contributed by atoms with Gasteiger partial charge in [0.05, 0.1) is 0 Å². The van der Waals surface area contributed by atoms with E-state index in [0.717, 1.165) is 13.1 Å². The summed E-state index contributed by atoms with van der Waals surface area (Å²) in [7, 11) is 1.81. The van der Waals surface area contributed by atoms with E-state index in [2.05, 4.69) is 20.4 Å². The molecule has 0 N–H and O–H groups in total. The zero-order chi connectivity index (χ0) is 16.0. The average Bonchev–Trinajstić information content (AvgIpc) is 3.06. The third kappa shape index (κ3) is 2.24. The number of amides is 2. The molecule has 9 heteroatoms. The van der Waals surface area contributed by atoms with Gasteiger partial charge in [-0.1, -0.05) is 6.07 Å². The van der Waals surface area contributed by atoms with Gasteiger partial charge in [-0.3, -0.25) is 14.5 Å². The Bertz CT molecular complexity index is 773. The van der Waals surface area contributed by atoms with Crippen LogP contribution in [0.1, 0.15) is 10.5 Å². The molecule has 2 aromatic heterocycles. The van der Waals surface area contributed by atoms with E-state index in [1.807, 2.05) is 7.05 Å². The van der Waals surface area contributed by atoms with Crippen LogP contribution in [-0.2, 0) is 4.79 Å². The molecule has 0 saturated carbocycles. The van der Waals surface area contributed by atoms with Gasteiger partial charge in [0.25, 0.3) is 5.91 Å². The summed E-state index contributed by atoms with van der Waals surface area (Å²) < 4.78 is 1.43. The molecule has 9 nitrogen and oxygen atoms in total. The zero-order valence-corrected chi connectivity index (χ0v) is 12.8. The highest BCUT2D eigenvalue weighted by Crippen LogP contribution is 2.18. The maximum Gasteiger partial charge on any atom is 0.272 e. The molecule has 2 saturated heterocycles. The number of rotatable bonds is 1. The van der Waals surface area contributed by atoms with Crippen LogP contribution in [0.2, 0.25) is 0 Å². The molecule has 1 atom stereocenters. The highest BCUT2D eigenvalue weighted by molar-refractivity contribution is 5.94. The fraction of sp³-hybridized carbons (Fsp3) is 0.500. The smallest absolute Gasteiger partial charge is 0.272 e. The van der Waals surface area contributed by atoms with Gasteiger partial charge in [-0.2, -0.15) is 4.52 Å². The maximum atomic E-state index is 12.8. The molecule has 23 heavy (non-hydrogen) atoms. The Morgan fingerprint density at radius 2 is 2.04 bits per heavy atom. The highest BCUT2D eigenvalue weighted by atomic mass is 16.2. The second-order valence-electron chi connectivity index (χ2n) is 5.92. The molecule has 0 aliphatic carbocycles. The number of tetrazole rings is 1. The van der Waals surface area contributed by atoms with E-state index in [1.54, 1.807) is 28.0 Å². The number of likely N-dealkylation sites (N-methyl/N-ethyl adjacent to an activating group) is 1. The Kier molecular flexibility index (Phi) is 3.22. The third-order valence-electron chi connectivity index (χ3n) is 4.60. The third-order valence-corrected chi connectivity index (χ3v) is 4.60. The van der Waals surface area contributed by atoms with E-state index in [0.29, 0.717) is 31.0 Å². The van der Waals surface area contributed by atoms with Gasteiger partial charge in [-0.25, -0.2) is 0 Å². The molecule has 120 valence electrons. The number of carbonyl (C=O) groups excluding carboxylic acids is 2. The Balaban J connectivity index is 1.60. The van der Waals surface area contributed by atoms with Crippen LogP contribution < -0.4 is 0 Å². The first-order valence-corrected chi connectivity index (χ1v) is 7.60.